The van der Waals surface area contributed by atoms with Crippen molar-refractivity contribution in [3.63, 3.8) is 0 Å². The van der Waals surface area contributed by atoms with Crippen molar-refractivity contribution in [1.29, 1.82) is 0 Å². The van der Waals surface area contributed by atoms with Crippen molar-refractivity contribution in [2.75, 3.05) is 11.9 Å². The first kappa shape index (κ1) is 16.2. The zero-order chi connectivity index (χ0) is 14.4. The fourth-order valence-corrected chi connectivity index (χ4v) is 2.13. The highest BCUT2D eigenvalue weighted by atomic mass is 127. The number of aliphatic carboxylic acids is 1. The zero-order valence-electron chi connectivity index (χ0n) is 9.69. The molecule has 1 atom stereocenters. The highest BCUT2D eigenvalue weighted by Crippen LogP contribution is 2.24. The van der Waals surface area contributed by atoms with E-state index in [2.05, 4.69) is 49.2 Å². The zero-order valence-corrected chi connectivity index (χ0v) is 13.4. The van der Waals surface area contributed by atoms with Crippen LogP contribution in [0.3, 0.4) is 0 Å². The van der Waals surface area contributed by atoms with Gasteiger partial charge < -0.3 is 20.8 Å². The third kappa shape index (κ3) is 5.33. The minimum absolute atomic E-state index is 0.0454. The average Bonchev–Trinajstić information content (AvgIpc) is 2.33. The lowest BCUT2D eigenvalue weighted by Crippen LogP contribution is -2.43. The second-order valence-corrected chi connectivity index (χ2v) is 5.73. The van der Waals surface area contributed by atoms with Gasteiger partial charge in [-0.25, -0.2) is 9.59 Å². The van der Waals surface area contributed by atoms with Gasteiger partial charge in [0, 0.05) is 21.1 Å². The molecule has 0 aliphatic carbocycles. The van der Waals surface area contributed by atoms with E-state index in [0.29, 0.717) is 10.2 Å². The summed E-state index contributed by atoms with van der Waals surface area (Å²) in [7, 11) is 0. The number of nitrogens with one attached hydrogen (secondary N) is 2. The Bertz CT molecular complexity index is 484. The van der Waals surface area contributed by atoms with Gasteiger partial charge in [-0.05, 0) is 56.7 Å². The minimum Gasteiger partial charge on any atom is -0.480 e. The molecule has 0 bridgehead atoms. The van der Waals surface area contributed by atoms with Crippen LogP contribution in [0.15, 0.2) is 22.7 Å². The van der Waals surface area contributed by atoms with Crippen LogP contribution in [0.2, 0.25) is 0 Å². The first-order chi connectivity index (χ1) is 8.93. The van der Waals surface area contributed by atoms with Gasteiger partial charge in [0.25, 0.3) is 0 Å². The molecule has 1 rings (SSSR count). The van der Waals surface area contributed by atoms with E-state index in [4.69, 9.17) is 10.2 Å². The van der Waals surface area contributed by atoms with Gasteiger partial charge in [0.1, 0.15) is 6.04 Å². The van der Waals surface area contributed by atoms with Gasteiger partial charge in [-0.3, -0.25) is 0 Å². The topological polar surface area (TPSA) is 98.7 Å². The van der Waals surface area contributed by atoms with Gasteiger partial charge in [-0.15, -0.1) is 0 Å². The second kappa shape index (κ2) is 7.65. The predicted octanol–water partition coefficient (Wildman–Crippen LogP) is 2.01. The van der Waals surface area contributed by atoms with Crippen LogP contribution in [-0.4, -0.2) is 34.9 Å². The number of amides is 2. The third-order valence-electron chi connectivity index (χ3n) is 2.20. The van der Waals surface area contributed by atoms with Crippen molar-refractivity contribution in [2.45, 2.75) is 12.5 Å². The molecule has 6 nitrogen and oxygen atoms in total. The van der Waals surface area contributed by atoms with E-state index in [9.17, 15) is 9.59 Å². The maximum absolute atomic E-state index is 11.7. The number of hydrogen-bond donors (Lipinski definition) is 4. The average molecular weight is 443 g/mol. The molecule has 0 aliphatic rings. The highest BCUT2D eigenvalue weighted by molar-refractivity contribution is 14.1. The Balaban J connectivity index is 2.68. The first-order valence-electron chi connectivity index (χ1n) is 5.30. The SMILES string of the molecule is O=C(Nc1cc(I)ccc1Br)N[C@H](CCO)C(=O)O. The minimum atomic E-state index is -1.19. The van der Waals surface area contributed by atoms with Crippen LogP contribution < -0.4 is 10.6 Å². The lowest BCUT2D eigenvalue weighted by atomic mass is 10.2. The maximum atomic E-state index is 11.7. The van der Waals surface area contributed by atoms with E-state index in [0.717, 1.165) is 3.57 Å². The number of urea groups is 1. The van der Waals surface area contributed by atoms with Gasteiger partial charge in [0.2, 0.25) is 0 Å². The maximum Gasteiger partial charge on any atom is 0.326 e. The Labute approximate surface area is 131 Å². The molecule has 0 spiro atoms. The van der Waals surface area contributed by atoms with E-state index in [-0.39, 0.29) is 13.0 Å². The lowest BCUT2D eigenvalue weighted by Gasteiger charge is -2.14. The van der Waals surface area contributed by atoms with Crippen molar-refractivity contribution < 1.29 is 19.8 Å². The summed E-state index contributed by atoms with van der Waals surface area (Å²) in [5.74, 6) is -1.19. The van der Waals surface area contributed by atoms with Crippen LogP contribution in [-0.2, 0) is 4.79 Å². The number of carboxylic acids is 1. The van der Waals surface area contributed by atoms with Gasteiger partial charge in [-0.1, -0.05) is 0 Å². The van der Waals surface area contributed by atoms with Crippen LogP contribution in [0.5, 0.6) is 0 Å². The molecule has 0 aliphatic heterocycles. The molecule has 0 unspecified atom stereocenters. The normalized spacial score (nSPS) is 11.7. The summed E-state index contributed by atoms with van der Waals surface area (Å²) in [6.07, 6.45) is -0.0454. The molecular weight excluding hydrogens is 431 g/mol. The van der Waals surface area contributed by atoms with Crippen LogP contribution in [0.1, 0.15) is 6.42 Å². The molecule has 0 fully saturated rings. The second-order valence-electron chi connectivity index (χ2n) is 3.63. The molecule has 0 radical (unpaired) electrons. The number of carbonyl (C=O) groups is 2. The quantitative estimate of drug-likeness (QED) is 0.524. The molecule has 1 aromatic carbocycles. The van der Waals surface area contributed by atoms with Gasteiger partial charge >= 0.3 is 12.0 Å². The fourth-order valence-electron chi connectivity index (χ4n) is 1.30. The van der Waals surface area contributed by atoms with E-state index in [1.165, 1.54) is 0 Å². The summed E-state index contributed by atoms with van der Waals surface area (Å²) >= 11 is 5.38. The smallest absolute Gasteiger partial charge is 0.326 e. The van der Waals surface area contributed by atoms with Crippen molar-refractivity contribution >= 4 is 56.2 Å². The van der Waals surface area contributed by atoms with Crippen molar-refractivity contribution in [2.24, 2.45) is 0 Å². The molecule has 0 saturated carbocycles. The summed E-state index contributed by atoms with van der Waals surface area (Å²) in [6, 6.07) is 3.63. The summed E-state index contributed by atoms with van der Waals surface area (Å²) in [5.41, 5.74) is 0.539. The Morgan fingerprint density at radius 1 is 1.42 bits per heavy atom. The van der Waals surface area contributed by atoms with Crippen LogP contribution >= 0.6 is 38.5 Å². The summed E-state index contributed by atoms with van der Waals surface area (Å²) in [5, 5.41) is 22.4. The van der Waals surface area contributed by atoms with E-state index < -0.39 is 18.0 Å². The molecule has 1 aromatic rings. The Kier molecular flexibility index (Phi) is 6.52. The highest BCUT2D eigenvalue weighted by Gasteiger charge is 2.19. The van der Waals surface area contributed by atoms with Crippen LogP contribution in [0.4, 0.5) is 10.5 Å². The van der Waals surface area contributed by atoms with Crippen molar-refractivity contribution in [3.8, 4) is 0 Å². The molecule has 2 amide bonds. The number of carbonyl (C=O) groups excluding carboxylic acids is 1. The number of anilines is 1. The number of aliphatic hydroxyl groups is 1. The number of carboxylic acid groups (broad SMARTS) is 1. The molecule has 4 N–H and O–H groups in total. The van der Waals surface area contributed by atoms with Crippen LogP contribution in [0.25, 0.3) is 0 Å². The Morgan fingerprint density at radius 3 is 2.68 bits per heavy atom. The third-order valence-corrected chi connectivity index (χ3v) is 3.56. The van der Waals surface area contributed by atoms with Gasteiger partial charge in [0.05, 0.1) is 5.69 Å². The number of aliphatic hydroxyl groups excluding tert-OH is 1. The standard InChI is InChI=1S/C11H12BrIN2O4/c12-7-2-1-6(13)5-9(7)15-11(19)14-8(3-4-16)10(17)18/h1-2,5,8,16H,3-4H2,(H,17,18)(H2,14,15,19)/t8-/m1/s1. The Morgan fingerprint density at radius 2 is 2.11 bits per heavy atom. The molecule has 19 heavy (non-hydrogen) atoms. The molecule has 0 aromatic heterocycles. The first-order valence-corrected chi connectivity index (χ1v) is 7.17. The van der Waals surface area contributed by atoms with Crippen molar-refractivity contribution in [1.82, 2.24) is 5.32 Å². The molecule has 104 valence electrons. The number of hydrogen-bond acceptors (Lipinski definition) is 3. The van der Waals surface area contributed by atoms with Crippen LogP contribution in [0, 0.1) is 3.57 Å². The lowest BCUT2D eigenvalue weighted by molar-refractivity contribution is -0.139. The largest absolute Gasteiger partial charge is 0.480 e. The molecule has 8 heteroatoms. The number of benzene rings is 1. The molecular formula is C11H12BrIN2O4. The van der Waals surface area contributed by atoms with Gasteiger partial charge in [-0.2, -0.15) is 0 Å². The number of rotatable bonds is 5. The molecule has 0 saturated heterocycles. The van der Waals surface area contributed by atoms with Gasteiger partial charge in [0.15, 0.2) is 0 Å². The molecule has 0 heterocycles. The van der Waals surface area contributed by atoms with Crippen molar-refractivity contribution in [3.05, 3.63) is 26.2 Å². The number of halogens is 2. The Hall–Kier alpha value is -0.870. The monoisotopic (exact) mass is 442 g/mol. The summed E-state index contributed by atoms with van der Waals surface area (Å²) in [4.78, 5) is 22.5. The summed E-state index contributed by atoms with van der Waals surface area (Å²) in [6.45, 7) is -0.315. The fraction of sp³-hybridized carbons (Fsp3) is 0.273. The van der Waals surface area contributed by atoms with E-state index in [1.807, 2.05) is 6.07 Å². The predicted molar refractivity (Wildman–Crippen MR) is 82.1 cm³/mol. The van der Waals surface area contributed by atoms with E-state index >= 15 is 0 Å². The van der Waals surface area contributed by atoms with E-state index in [1.54, 1.807) is 12.1 Å². The summed E-state index contributed by atoms with van der Waals surface area (Å²) < 4.78 is 1.62.